The molecule has 1 aliphatic heterocycles. The Hall–Kier alpha value is -4.12. The highest BCUT2D eigenvalue weighted by atomic mass is 16.6. The van der Waals surface area contributed by atoms with Crippen LogP contribution in [0, 0.1) is 6.92 Å². The quantitative estimate of drug-likeness (QED) is 0.274. The van der Waals surface area contributed by atoms with E-state index in [2.05, 4.69) is 10.6 Å². The molecule has 2 aromatic carbocycles. The first kappa shape index (κ1) is 30.4. The molecular formula is C29H38N4O7. The van der Waals surface area contributed by atoms with Crippen LogP contribution < -0.4 is 20.9 Å². The van der Waals surface area contributed by atoms with Crippen molar-refractivity contribution in [2.45, 2.75) is 71.6 Å². The minimum Gasteiger partial charge on any atom is -0.489 e. The predicted octanol–water partition coefficient (Wildman–Crippen LogP) is 3.42. The van der Waals surface area contributed by atoms with Crippen LogP contribution in [-0.4, -0.2) is 58.7 Å². The van der Waals surface area contributed by atoms with Gasteiger partial charge in [-0.2, -0.15) is 0 Å². The van der Waals surface area contributed by atoms with E-state index in [0.29, 0.717) is 24.4 Å². The van der Waals surface area contributed by atoms with E-state index in [9.17, 15) is 19.2 Å². The molecule has 1 saturated heterocycles. The van der Waals surface area contributed by atoms with Gasteiger partial charge in [0.25, 0.3) is 5.91 Å². The molecule has 1 aliphatic rings. The molecule has 1 heterocycles. The van der Waals surface area contributed by atoms with Crippen molar-refractivity contribution in [1.82, 2.24) is 15.7 Å². The fraction of sp³-hybridized carbons (Fsp3) is 0.448. The van der Waals surface area contributed by atoms with Crippen molar-refractivity contribution < 1.29 is 33.9 Å². The van der Waals surface area contributed by atoms with Gasteiger partial charge in [0.15, 0.2) is 0 Å². The number of nitrogens with one attached hydrogen (secondary N) is 3. The summed E-state index contributed by atoms with van der Waals surface area (Å²) < 4.78 is 11.1. The summed E-state index contributed by atoms with van der Waals surface area (Å²) in [5, 5.41) is 14.1. The van der Waals surface area contributed by atoms with E-state index in [1.807, 2.05) is 38.1 Å². The smallest absolute Gasteiger partial charge is 0.408 e. The van der Waals surface area contributed by atoms with E-state index in [4.69, 9.17) is 14.7 Å². The molecule has 2 aromatic rings. The summed E-state index contributed by atoms with van der Waals surface area (Å²) in [6, 6.07) is 12.1. The average molecular weight is 555 g/mol. The highest BCUT2D eigenvalue weighted by molar-refractivity contribution is 5.95. The lowest BCUT2D eigenvalue weighted by atomic mass is 9.81. The molecule has 11 nitrogen and oxygen atoms in total. The van der Waals surface area contributed by atoms with Crippen LogP contribution in [0.15, 0.2) is 42.5 Å². The van der Waals surface area contributed by atoms with Crippen LogP contribution in [0.1, 0.15) is 57.7 Å². The van der Waals surface area contributed by atoms with Gasteiger partial charge in [-0.25, -0.2) is 10.3 Å². The van der Waals surface area contributed by atoms with Crippen molar-refractivity contribution in [1.29, 1.82) is 0 Å². The van der Waals surface area contributed by atoms with Gasteiger partial charge in [0.05, 0.1) is 5.41 Å². The van der Waals surface area contributed by atoms with Crippen molar-refractivity contribution in [2.24, 2.45) is 0 Å². The van der Waals surface area contributed by atoms with Gasteiger partial charge in [-0.3, -0.25) is 19.6 Å². The molecule has 0 bridgehead atoms. The van der Waals surface area contributed by atoms with Crippen LogP contribution in [0.2, 0.25) is 0 Å². The van der Waals surface area contributed by atoms with Gasteiger partial charge >= 0.3 is 6.09 Å². The lowest BCUT2D eigenvalue weighted by Crippen LogP contribution is -2.47. The van der Waals surface area contributed by atoms with Crippen molar-refractivity contribution in [3.05, 3.63) is 59.2 Å². The Kier molecular flexibility index (Phi) is 9.41. The first-order valence-corrected chi connectivity index (χ1v) is 13.1. The zero-order valence-corrected chi connectivity index (χ0v) is 23.8. The van der Waals surface area contributed by atoms with Crippen LogP contribution in [0.3, 0.4) is 0 Å². The van der Waals surface area contributed by atoms with E-state index >= 15 is 0 Å². The van der Waals surface area contributed by atoms with Gasteiger partial charge in [-0.1, -0.05) is 18.2 Å². The molecule has 3 rings (SSSR count). The van der Waals surface area contributed by atoms with Gasteiger partial charge in [-0.15, -0.1) is 0 Å². The van der Waals surface area contributed by atoms with E-state index in [-0.39, 0.29) is 25.0 Å². The second kappa shape index (κ2) is 12.4. The number of hydrogen-bond donors (Lipinski definition) is 4. The number of anilines is 1. The number of rotatable bonds is 9. The van der Waals surface area contributed by atoms with Crippen LogP contribution in [0.4, 0.5) is 10.5 Å². The van der Waals surface area contributed by atoms with Crippen LogP contribution >= 0.6 is 0 Å². The second-order valence-electron chi connectivity index (χ2n) is 11.2. The topological polar surface area (TPSA) is 146 Å². The van der Waals surface area contributed by atoms with Crippen LogP contribution in [0.25, 0.3) is 0 Å². The number of nitrogens with zero attached hydrogens (tertiary/aromatic N) is 1. The molecule has 2 atom stereocenters. The molecule has 1 unspecified atom stereocenters. The lowest BCUT2D eigenvalue weighted by molar-refractivity contribution is -0.143. The third-order valence-electron chi connectivity index (χ3n) is 6.65. The molecule has 1 fully saturated rings. The Morgan fingerprint density at radius 1 is 1.12 bits per heavy atom. The summed E-state index contributed by atoms with van der Waals surface area (Å²) in [5.41, 5.74) is 3.31. The largest absolute Gasteiger partial charge is 0.489 e. The molecule has 0 radical (unpaired) electrons. The Morgan fingerprint density at radius 3 is 2.42 bits per heavy atom. The predicted molar refractivity (Wildman–Crippen MR) is 148 cm³/mol. The summed E-state index contributed by atoms with van der Waals surface area (Å²) in [6.45, 7) is 11.0. The number of hydroxylamine groups is 1. The summed E-state index contributed by atoms with van der Waals surface area (Å²) in [7, 11) is 0. The second-order valence-corrected chi connectivity index (χ2v) is 11.2. The van der Waals surface area contributed by atoms with Crippen molar-refractivity contribution >= 4 is 29.5 Å². The SMILES string of the molecule is Cc1cc(COc2ccc(C3(C)CCN([C@H](C)C(=O)NO)C3=O)cc2)cc(NC(=O)CNC(=O)OC(C)(C)C)c1. The number of hydrogen-bond acceptors (Lipinski definition) is 7. The zero-order valence-electron chi connectivity index (χ0n) is 23.8. The minimum atomic E-state index is -0.787. The van der Waals surface area contributed by atoms with Gasteiger partial charge in [0.1, 0.15) is 30.5 Å². The first-order chi connectivity index (χ1) is 18.7. The number of carbonyl (C=O) groups is 4. The highest BCUT2D eigenvalue weighted by Crippen LogP contribution is 2.37. The van der Waals surface area contributed by atoms with Gasteiger partial charge in [0.2, 0.25) is 11.8 Å². The standard InChI is InChI=1S/C29H38N4O7/c1-18-13-20(15-22(14-18)31-24(34)16-30-27(37)40-28(3,4)5)17-39-23-9-7-21(8-10-23)29(6)11-12-33(26(29)36)19(2)25(35)32-38/h7-10,13-15,19,38H,11-12,16-17H2,1-6H3,(H,30,37)(H,31,34)(H,32,35)/t19-,29?/m1/s1. The maximum atomic E-state index is 13.1. The minimum absolute atomic E-state index is 0.173. The van der Waals surface area contributed by atoms with Crippen molar-refractivity contribution in [2.75, 3.05) is 18.4 Å². The third kappa shape index (κ3) is 7.72. The van der Waals surface area contributed by atoms with E-state index in [1.54, 1.807) is 51.4 Å². The van der Waals surface area contributed by atoms with Crippen LogP contribution in [-0.2, 0) is 31.1 Å². The van der Waals surface area contributed by atoms with Crippen molar-refractivity contribution in [3.63, 3.8) is 0 Å². The highest BCUT2D eigenvalue weighted by Gasteiger charge is 2.46. The normalized spacial score (nSPS) is 17.7. The Labute approximate surface area is 234 Å². The molecule has 0 aliphatic carbocycles. The summed E-state index contributed by atoms with van der Waals surface area (Å²) in [5.74, 6) is -0.583. The van der Waals surface area contributed by atoms with Crippen molar-refractivity contribution in [3.8, 4) is 5.75 Å². The Morgan fingerprint density at radius 2 is 1.80 bits per heavy atom. The summed E-state index contributed by atoms with van der Waals surface area (Å²) >= 11 is 0. The molecule has 40 heavy (non-hydrogen) atoms. The van der Waals surface area contributed by atoms with E-state index in [0.717, 1.165) is 16.7 Å². The molecule has 0 spiro atoms. The summed E-state index contributed by atoms with van der Waals surface area (Å²) in [4.78, 5) is 50.5. The number of ether oxygens (including phenoxy) is 2. The third-order valence-corrected chi connectivity index (χ3v) is 6.65. The van der Waals surface area contributed by atoms with Gasteiger partial charge in [-0.05, 0) is 88.9 Å². The fourth-order valence-corrected chi connectivity index (χ4v) is 4.52. The molecule has 4 amide bonds. The van der Waals surface area contributed by atoms with Gasteiger partial charge < -0.3 is 25.0 Å². The fourth-order valence-electron chi connectivity index (χ4n) is 4.52. The average Bonchev–Trinajstić information content (AvgIpc) is 3.19. The number of alkyl carbamates (subject to hydrolysis) is 1. The molecular weight excluding hydrogens is 516 g/mol. The van der Waals surface area contributed by atoms with Crippen LogP contribution in [0.5, 0.6) is 5.75 Å². The van der Waals surface area contributed by atoms with E-state index in [1.165, 1.54) is 4.90 Å². The molecule has 216 valence electrons. The lowest BCUT2D eigenvalue weighted by Gasteiger charge is -2.27. The zero-order chi connectivity index (χ0) is 29.7. The Bertz CT molecular complexity index is 1260. The molecule has 4 N–H and O–H groups in total. The monoisotopic (exact) mass is 554 g/mol. The summed E-state index contributed by atoms with van der Waals surface area (Å²) in [6.07, 6.45) is -0.126. The number of benzene rings is 2. The number of aryl methyl sites for hydroxylation is 1. The maximum absolute atomic E-state index is 13.1. The number of likely N-dealkylation sites (tertiary alicyclic amines) is 1. The molecule has 11 heteroatoms. The first-order valence-electron chi connectivity index (χ1n) is 13.1. The number of carbonyl (C=O) groups excluding carboxylic acids is 4. The maximum Gasteiger partial charge on any atom is 0.408 e. The number of amides is 4. The Balaban J connectivity index is 1.58. The molecule has 0 saturated carbocycles. The molecule has 0 aromatic heterocycles. The van der Waals surface area contributed by atoms with Gasteiger partial charge in [0, 0.05) is 12.2 Å². The van der Waals surface area contributed by atoms with E-state index < -0.39 is 29.1 Å².